The summed E-state index contributed by atoms with van der Waals surface area (Å²) in [5, 5.41) is 7.47. The summed E-state index contributed by atoms with van der Waals surface area (Å²) >= 11 is 1.86. The van der Waals surface area contributed by atoms with Gasteiger partial charge in [-0.05, 0) is 88.0 Å². The molecule has 9 aromatic rings. The van der Waals surface area contributed by atoms with Gasteiger partial charge in [-0.2, -0.15) is 0 Å². The second-order valence-electron chi connectivity index (χ2n) is 13.3. The summed E-state index contributed by atoms with van der Waals surface area (Å²) in [6.45, 7) is 2.33. The zero-order valence-electron chi connectivity index (χ0n) is 27.6. The molecule has 0 saturated carbocycles. The van der Waals surface area contributed by atoms with E-state index < -0.39 is 0 Å². The molecule has 2 heterocycles. The Morgan fingerprint density at radius 2 is 1.28 bits per heavy atom. The van der Waals surface area contributed by atoms with E-state index in [4.69, 9.17) is 4.42 Å². The van der Waals surface area contributed by atoms with Crippen LogP contribution in [0.25, 0.3) is 64.0 Å². The van der Waals surface area contributed by atoms with Crippen molar-refractivity contribution in [2.75, 3.05) is 4.90 Å². The van der Waals surface area contributed by atoms with Crippen molar-refractivity contribution < 1.29 is 4.42 Å². The minimum absolute atomic E-state index is 0.218. The van der Waals surface area contributed by atoms with Crippen LogP contribution >= 0.6 is 11.3 Å². The van der Waals surface area contributed by atoms with E-state index in [0.717, 1.165) is 39.0 Å². The molecule has 0 spiro atoms. The standard InChI is InChI=1S/C47H33NOS/c1-30-20-24-35(29-40(30)37-15-8-11-32-10-2-3-12-36(32)37)48(42-16-9-18-44-47(42)39-14-4-6-17-43(39)49-44)34-25-21-31(22-26-34)33-23-27-46-41(28-33)38-13-5-7-19-45(38)50-46/h2-30,40H,1H3. The zero-order valence-corrected chi connectivity index (χ0v) is 28.4. The van der Waals surface area contributed by atoms with Gasteiger partial charge in [-0.25, -0.2) is 0 Å². The molecule has 2 atom stereocenters. The number of para-hydroxylation sites is 1. The molecule has 2 nitrogen and oxygen atoms in total. The molecule has 7 aromatic carbocycles. The molecule has 0 N–H and O–H groups in total. The number of fused-ring (bicyclic) bond motifs is 7. The van der Waals surface area contributed by atoms with E-state index >= 15 is 0 Å². The Labute approximate surface area is 294 Å². The Kier molecular flexibility index (Phi) is 6.75. The lowest BCUT2D eigenvalue weighted by atomic mass is 9.81. The van der Waals surface area contributed by atoms with Crippen molar-refractivity contribution in [1.29, 1.82) is 0 Å². The Bertz CT molecular complexity index is 2790. The average molecular weight is 660 g/mol. The SMILES string of the molecule is CC1C=CC(N(c2ccc(-c3ccc4sc5ccccc5c4c3)cc2)c2cccc3oc4ccccc4c23)=CC1c1cccc2ccccc12. The maximum Gasteiger partial charge on any atom is 0.137 e. The number of hydrogen-bond donors (Lipinski definition) is 0. The first-order chi connectivity index (χ1) is 24.7. The van der Waals surface area contributed by atoms with Crippen LogP contribution in [0.1, 0.15) is 18.4 Å². The molecule has 0 amide bonds. The van der Waals surface area contributed by atoms with Crippen LogP contribution in [0.15, 0.2) is 180 Å². The number of rotatable bonds is 5. The molecular formula is C47H33NOS. The van der Waals surface area contributed by atoms with Crippen LogP contribution in [0.3, 0.4) is 0 Å². The lowest BCUT2D eigenvalue weighted by molar-refractivity contribution is 0.633. The molecule has 1 aliphatic rings. The molecule has 0 saturated heterocycles. The van der Waals surface area contributed by atoms with Crippen molar-refractivity contribution in [1.82, 2.24) is 0 Å². The quantitative estimate of drug-likeness (QED) is 0.183. The molecule has 0 fully saturated rings. The van der Waals surface area contributed by atoms with Gasteiger partial charge in [0.1, 0.15) is 11.2 Å². The van der Waals surface area contributed by atoms with Gasteiger partial charge in [-0.1, -0.05) is 122 Å². The lowest BCUT2D eigenvalue weighted by Gasteiger charge is -2.32. The summed E-state index contributed by atoms with van der Waals surface area (Å²) in [6.07, 6.45) is 7.14. The Balaban J connectivity index is 1.14. The maximum atomic E-state index is 6.39. The molecule has 0 aliphatic heterocycles. The molecule has 2 unspecified atom stereocenters. The minimum atomic E-state index is 0.218. The van der Waals surface area contributed by atoms with Gasteiger partial charge in [0.2, 0.25) is 0 Å². The van der Waals surface area contributed by atoms with Crippen LogP contribution in [0.4, 0.5) is 11.4 Å². The third-order valence-corrected chi connectivity index (χ3v) is 11.5. The zero-order chi connectivity index (χ0) is 33.2. The molecular weight excluding hydrogens is 627 g/mol. The number of hydrogen-bond acceptors (Lipinski definition) is 3. The van der Waals surface area contributed by atoms with Crippen molar-refractivity contribution in [2.45, 2.75) is 12.8 Å². The number of furan rings is 1. The van der Waals surface area contributed by atoms with Crippen LogP contribution in [0, 0.1) is 5.92 Å². The second kappa shape index (κ2) is 11.6. The fourth-order valence-electron chi connectivity index (χ4n) is 7.90. The molecule has 3 heteroatoms. The largest absolute Gasteiger partial charge is 0.456 e. The van der Waals surface area contributed by atoms with Gasteiger partial charge in [0.15, 0.2) is 0 Å². The average Bonchev–Trinajstić information content (AvgIpc) is 3.74. The van der Waals surface area contributed by atoms with Crippen LogP contribution in [0.5, 0.6) is 0 Å². The summed E-state index contributed by atoms with van der Waals surface area (Å²) in [6, 6.07) is 54.9. The first kappa shape index (κ1) is 29.1. The van der Waals surface area contributed by atoms with Crippen molar-refractivity contribution in [2.24, 2.45) is 5.92 Å². The van der Waals surface area contributed by atoms with Gasteiger partial charge in [-0.15, -0.1) is 11.3 Å². The summed E-state index contributed by atoms with van der Waals surface area (Å²) in [5.74, 6) is 0.567. The van der Waals surface area contributed by atoms with Crippen molar-refractivity contribution in [3.05, 3.63) is 181 Å². The fraction of sp³-hybridized carbons (Fsp3) is 0.0638. The highest BCUT2D eigenvalue weighted by Crippen LogP contribution is 2.45. The van der Waals surface area contributed by atoms with E-state index in [-0.39, 0.29) is 5.92 Å². The smallest absolute Gasteiger partial charge is 0.137 e. The van der Waals surface area contributed by atoms with E-state index in [1.54, 1.807) is 0 Å². The molecule has 0 radical (unpaired) electrons. The van der Waals surface area contributed by atoms with Crippen molar-refractivity contribution in [3.63, 3.8) is 0 Å². The van der Waals surface area contributed by atoms with Gasteiger partial charge in [0.05, 0.1) is 11.1 Å². The summed E-state index contributed by atoms with van der Waals surface area (Å²) in [7, 11) is 0. The highest BCUT2D eigenvalue weighted by Gasteiger charge is 2.26. The Hall–Kier alpha value is -5.90. The second-order valence-corrected chi connectivity index (χ2v) is 14.4. The lowest BCUT2D eigenvalue weighted by Crippen LogP contribution is -2.20. The van der Waals surface area contributed by atoms with Crippen molar-refractivity contribution >= 4 is 75.6 Å². The van der Waals surface area contributed by atoms with Crippen LogP contribution in [-0.4, -0.2) is 0 Å². The van der Waals surface area contributed by atoms with E-state index in [2.05, 4.69) is 176 Å². The van der Waals surface area contributed by atoms with E-state index in [9.17, 15) is 0 Å². The number of benzene rings is 7. The van der Waals surface area contributed by atoms with Gasteiger partial charge < -0.3 is 9.32 Å². The summed E-state index contributed by atoms with van der Waals surface area (Å²) in [5.41, 5.74) is 8.94. The van der Waals surface area contributed by atoms with E-state index in [1.165, 1.54) is 47.6 Å². The first-order valence-electron chi connectivity index (χ1n) is 17.3. The van der Waals surface area contributed by atoms with Gasteiger partial charge in [-0.3, -0.25) is 0 Å². The highest BCUT2D eigenvalue weighted by molar-refractivity contribution is 7.25. The highest BCUT2D eigenvalue weighted by atomic mass is 32.1. The number of allylic oxidation sites excluding steroid dienone is 3. The summed E-state index contributed by atoms with van der Waals surface area (Å²) < 4.78 is 9.05. The first-order valence-corrected chi connectivity index (χ1v) is 18.1. The summed E-state index contributed by atoms with van der Waals surface area (Å²) in [4.78, 5) is 2.42. The fourth-order valence-corrected chi connectivity index (χ4v) is 8.99. The monoisotopic (exact) mass is 659 g/mol. The third-order valence-electron chi connectivity index (χ3n) is 10.4. The van der Waals surface area contributed by atoms with Gasteiger partial charge in [0.25, 0.3) is 0 Å². The van der Waals surface area contributed by atoms with E-state index in [1.807, 2.05) is 17.4 Å². The Morgan fingerprint density at radius 3 is 2.18 bits per heavy atom. The Morgan fingerprint density at radius 1 is 0.580 bits per heavy atom. The van der Waals surface area contributed by atoms with Crippen LogP contribution in [0.2, 0.25) is 0 Å². The van der Waals surface area contributed by atoms with Gasteiger partial charge >= 0.3 is 0 Å². The molecule has 10 rings (SSSR count). The predicted molar refractivity (Wildman–Crippen MR) is 214 cm³/mol. The minimum Gasteiger partial charge on any atom is -0.456 e. The number of thiophene rings is 1. The molecule has 1 aliphatic carbocycles. The molecule has 238 valence electrons. The van der Waals surface area contributed by atoms with Crippen molar-refractivity contribution in [3.8, 4) is 11.1 Å². The molecule has 50 heavy (non-hydrogen) atoms. The molecule has 2 aromatic heterocycles. The third kappa shape index (κ3) is 4.69. The predicted octanol–water partition coefficient (Wildman–Crippen LogP) is 13.8. The topological polar surface area (TPSA) is 16.4 Å². The van der Waals surface area contributed by atoms with E-state index in [0.29, 0.717) is 5.92 Å². The molecule has 0 bridgehead atoms. The van der Waals surface area contributed by atoms with Crippen LogP contribution < -0.4 is 4.90 Å². The van der Waals surface area contributed by atoms with Gasteiger partial charge in [0, 0.05) is 42.9 Å². The van der Waals surface area contributed by atoms with Crippen LogP contribution in [-0.2, 0) is 0 Å². The maximum absolute atomic E-state index is 6.39. The number of nitrogens with zero attached hydrogens (tertiary/aromatic N) is 1. The number of anilines is 2. The normalized spacial score (nSPS) is 16.1.